The number of hydrogen-bond acceptors (Lipinski definition) is 4. The Morgan fingerprint density at radius 1 is 1.40 bits per heavy atom. The molecule has 108 valence electrons. The van der Waals surface area contributed by atoms with E-state index >= 15 is 0 Å². The third-order valence-electron chi connectivity index (χ3n) is 3.67. The average molecular weight is 273 g/mol. The second kappa shape index (κ2) is 6.71. The fourth-order valence-corrected chi connectivity index (χ4v) is 2.70. The van der Waals surface area contributed by atoms with Crippen molar-refractivity contribution in [1.29, 1.82) is 5.26 Å². The van der Waals surface area contributed by atoms with Crippen LogP contribution in [0.4, 0.5) is 5.82 Å². The van der Waals surface area contributed by atoms with Crippen molar-refractivity contribution in [3.05, 3.63) is 22.9 Å². The largest absolute Gasteiger partial charge is 0.391 e. The first-order valence-electron chi connectivity index (χ1n) is 7.45. The van der Waals surface area contributed by atoms with Gasteiger partial charge in [-0.2, -0.15) is 5.26 Å². The van der Waals surface area contributed by atoms with Crippen LogP contribution in [-0.4, -0.2) is 22.7 Å². The number of aliphatic hydroxyl groups excluding tert-OH is 1. The fraction of sp³-hybridized carbons (Fsp3) is 0.625. The number of rotatable bonds is 5. The number of nitriles is 1. The van der Waals surface area contributed by atoms with Crippen LogP contribution in [0.15, 0.2) is 6.07 Å². The number of nitrogens with one attached hydrogen (secondary N) is 1. The van der Waals surface area contributed by atoms with Crippen molar-refractivity contribution in [2.75, 3.05) is 11.9 Å². The lowest BCUT2D eigenvalue weighted by Gasteiger charge is -2.19. The van der Waals surface area contributed by atoms with Crippen LogP contribution in [0.5, 0.6) is 0 Å². The van der Waals surface area contributed by atoms with E-state index in [0.29, 0.717) is 23.8 Å². The molecule has 0 bridgehead atoms. The molecule has 0 spiro atoms. The van der Waals surface area contributed by atoms with Crippen LogP contribution < -0.4 is 5.32 Å². The Labute approximate surface area is 120 Å². The molecule has 1 aromatic rings. The van der Waals surface area contributed by atoms with Crippen LogP contribution in [0.25, 0.3) is 0 Å². The summed E-state index contributed by atoms with van der Waals surface area (Å²) in [7, 11) is 0. The van der Waals surface area contributed by atoms with Gasteiger partial charge in [0.1, 0.15) is 11.9 Å². The number of fused-ring (bicyclic) bond motifs is 1. The molecule has 0 aromatic carbocycles. The number of aromatic nitrogens is 1. The van der Waals surface area contributed by atoms with E-state index in [-0.39, 0.29) is 0 Å². The Morgan fingerprint density at radius 2 is 2.15 bits per heavy atom. The Hall–Kier alpha value is -1.60. The van der Waals surface area contributed by atoms with Crippen molar-refractivity contribution in [3.63, 3.8) is 0 Å². The first-order chi connectivity index (χ1) is 9.60. The van der Waals surface area contributed by atoms with E-state index in [2.05, 4.69) is 30.2 Å². The summed E-state index contributed by atoms with van der Waals surface area (Å²) in [6.07, 6.45) is 4.71. The first-order valence-corrected chi connectivity index (χ1v) is 7.45. The molecule has 1 atom stereocenters. The normalized spacial score (nSPS) is 15.6. The van der Waals surface area contributed by atoms with Gasteiger partial charge in [0.05, 0.1) is 11.7 Å². The van der Waals surface area contributed by atoms with Gasteiger partial charge in [-0.25, -0.2) is 4.98 Å². The Morgan fingerprint density at radius 3 is 2.85 bits per heavy atom. The van der Waals surface area contributed by atoms with Gasteiger partial charge in [-0.3, -0.25) is 0 Å². The summed E-state index contributed by atoms with van der Waals surface area (Å²) in [6, 6.07) is 4.16. The van der Waals surface area contributed by atoms with Crippen molar-refractivity contribution in [2.24, 2.45) is 5.92 Å². The molecule has 20 heavy (non-hydrogen) atoms. The smallest absolute Gasteiger partial charge is 0.144 e. The van der Waals surface area contributed by atoms with E-state index in [0.717, 1.165) is 25.0 Å². The monoisotopic (exact) mass is 273 g/mol. The molecule has 0 aliphatic heterocycles. The summed E-state index contributed by atoms with van der Waals surface area (Å²) in [5, 5.41) is 22.3. The predicted octanol–water partition coefficient (Wildman–Crippen LogP) is 2.65. The first kappa shape index (κ1) is 14.8. The minimum atomic E-state index is -0.403. The van der Waals surface area contributed by atoms with Crippen LogP contribution in [0.1, 0.15) is 49.9 Å². The van der Waals surface area contributed by atoms with E-state index in [1.807, 2.05) is 6.07 Å². The molecule has 2 N–H and O–H groups in total. The zero-order valence-corrected chi connectivity index (χ0v) is 12.3. The molecule has 1 unspecified atom stereocenters. The second-order valence-corrected chi connectivity index (χ2v) is 5.97. The van der Waals surface area contributed by atoms with Crippen LogP contribution in [0.2, 0.25) is 0 Å². The summed E-state index contributed by atoms with van der Waals surface area (Å²) in [5.41, 5.74) is 2.90. The van der Waals surface area contributed by atoms with Gasteiger partial charge in [-0.15, -0.1) is 0 Å². The van der Waals surface area contributed by atoms with E-state index in [1.165, 1.54) is 18.4 Å². The van der Waals surface area contributed by atoms with Crippen molar-refractivity contribution in [1.82, 2.24) is 4.98 Å². The predicted molar refractivity (Wildman–Crippen MR) is 79.5 cm³/mol. The molecular weight excluding hydrogens is 250 g/mol. The summed E-state index contributed by atoms with van der Waals surface area (Å²) >= 11 is 0. The number of hydrogen-bond donors (Lipinski definition) is 2. The lowest BCUT2D eigenvalue weighted by molar-refractivity contribution is 0.161. The molecule has 1 aromatic heterocycles. The molecule has 0 amide bonds. The average Bonchev–Trinajstić information content (AvgIpc) is 2.43. The van der Waals surface area contributed by atoms with Crippen LogP contribution in [-0.2, 0) is 12.8 Å². The summed E-state index contributed by atoms with van der Waals surface area (Å²) in [5.74, 6) is 1.08. The molecule has 1 aliphatic rings. The van der Waals surface area contributed by atoms with E-state index in [9.17, 15) is 10.4 Å². The van der Waals surface area contributed by atoms with E-state index in [4.69, 9.17) is 0 Å². The third-order valence-corrected chi connectivity index (χ3v) is 3.67. The highest BCUT2D eigenvalue weighted by atomic mass is 16.3. The molecule has 0 radical (unpaired) electrons. The molecular formula is C16H23N3O. The van der Waals surface area contributed by atoms with E-state index in [1.54, 1.807) is 0 Å². The number of pyridine rings is 1. The van der Waals surface area contributed by atoms with Gasteiger partial charge in [0.25, 0.3) is 0 Å². The standard InChI is InChI=1S/C16H23N3O/c1-11(2)7-14(20)10-18-16-13(9-17)8-12-5-3-4-6-15(12)19-16/h8,11,14,20H,3-7,10H2,1-2H3,(H,18,19). The third kappa shape index (κ3) is 3.71. The maximum Gasteiger partial charge on any atom is 0.144 e. The quantitative estimate of drug-likeness (QED) is 0.865. The summed E-state index contributed by atoms with van der Waals surface area (Å²) in [6.45, 7) is 4.61. The molecule has 0 saturated carbocycles. The van der Waals surface area contributed by atoms with Gasteiger partial charge in [0.15, 0.2) is 0 Å². The van der Waals surface area contributed by atoms with Crippen molar-refractivity contribution >= 4 is 5.82 Å². The Kier molecular flexibility index (Phi) is 4.97. The van der Waals surface area contributed by atoms with Crippen molar-refractivity contribution in [2.45, 2.75) is 52.1 Å². The second-order valence-electron chi connectivity index (χ2n) is 5.97. The number of nitrogens with zero attached hydrogens (tertiary/aromatic N) is 2. The SMILES string of the molecule is CC(C)CC(O)CNc1nc2c(cc1C#N)CCCC2. The molecule has 4 nitrogen and oxygen atoms in total. The lowest BCUT2D eigenvalue weighted by atomic mass is 9.95. The maximum absolute atomic E-state index is 9.91. The molecule has 0 saturated heterocycles. The Balaban J connectivity index is 2.09. The van der Waals surface area contributed by atoms with Crippen LogP contribution in [0, 0.1) is 17.2 Å². The lowest BCUT2D eigenvalue weighted by Crippen LogP contribution is -2.22. The maximum atomic E-state index is 9.91. The van der Waals surface area contributed by atoms with Crippen molar-refractivity contribution < 1.29 is 5.11 Å². The Bertz CT molecular complexity index is 505. The molecule has 1 aliphatic carbocycles. The number of aryl methyl sites for hydroxylation is 2. The molecule has 4 heteroatoms. The molecule has 0 fully saturated rings. The highest BCUT2D eigenvalue weighted by Crippen LogP contribution is 2.24. The van der Waals surface area contributed by atoms with Gasteiger partial charge < -0.3 is 10.4 Å². The minimum Gasteiger partial charge on any atom is -0.391 e. The van der Waals surface area contributed by atoms with Crippen molar-refractivity contribution in [3.8, 4) is 6.07 Å². The van der Waals surface area contributed by atoms with Crippen LogP contribution in [0.3, 0.4) is 0 Å². The highest BCUT2D eigenvalue weighted by molar-refractivity contribution is 5.54. The summed E-state index contributed by atoms with van der Waals surface area (Å²) < 4.78 is 0. The molecule has 2 rings (SSSR count). The van der Waals surface area contributed by atoms with E-state index < -0.39 is 6.10 Å². The molecule has 1 heterocycles. The number of anilines is 1. The summed E-state index contributed by atoms with van der Waals surface area (Å²) in [4.78, 5) is 4.59. The zero-order chi connectivity index (χ0) is 14.5. The van der Waals surface area contributed by atoms with Gasteiger partial charge in [-0.05, 0) is 49.7 Å². The van der Waals surface area contributed by atoms with Gasteiger partial charge in [0.2, 0.25) is 0 Å². The number of aliphatic hydroxyl groups is 1. The van der Waals surface area contributed by atoms with Gasteiger partial charge in [0, 0.05) is 12.2 Å². The zero-order valence-electron chi connectivity index (χ0n) is 12.3. The highest BCUT2D eigenvalue weighted by Gasteiger charge is 2.16. The van der Waals surface area contributed by atoms with Gasteiger partial charge in [-0.1, -0.05) is 13.8 Å². The topological polar surface area (TPSA) is 68.9 Å². The van der Waals surface area contributed by atoms with Gasteiger partial charge >= 0.3 is 0 Å². The minimum absolute atomic E-state index is 0.403. The fourth-order valence-electron chi connectivity index (χ4n) is 2.70. The van der Waals surface area contributed by atoms with Crippen LogP contribution >= 0.6 is 0 Å².